The molecule has 1 amide bonds. The van der Waals surface area contributed by atoms with Gasteiger partial charge in [0.25, 0.3) is 0 Å². The van der Waals surface area contributed by atoms with Crippen LogP contribution in [0.15, 0.2) is 48.5 Å². The van der Waals surface area contributed by atoms with E-state index in [2.05, 4.69) is 10.6 Å². The summed E-state index contributed by atoms with van der Waals surface area (Å²) in [5.41, 5.74) is 2.97. The highest BCUT2D eigenvalue weighted by atomic mass is 35.5. The summed E-state index contributed by atoms with van der Waals surface area (Å²) >= 11 is 5.92. The molecule has 24 heavy (non-hydrogen) atoms. The molecule has 126 valence electrons. The number of aliphatic hydroxyl groups excluding tert-OH is 1. The molecule has 2 aromatic carbocycles. The molecule has 0 spiro atoms. The number of fused-ring (bicyclic) bond motifs is 1. The number of halogens is 1. The average Bonchev–Trinajstić information content (AvgIpc) is 2.83. The van der Waals surface area contributed by atoms with Crippen LogP contribution >= 0.6 is 11.6 Å². The summed E-state index contributed by atoms with van der Waals surface area (Å²) in [4.78, 5) is 12.2. The predicted molar refractivity (Wildman–Crippen MR) is 96.2 cm³/mol. The minimum atomic E-state index is -0.458. The van der Waals surface area contributed by atoms with Gasteiger partial charge in [-0.2, -0.15) is 0 Å². The molecule has 0 heterocycles. The van der Waals surface area contributed by atoms with E-state index in [1.54, 1.807) is 24.3 Å². The molecule has 0 radical (unpaired) electrons. The van der Waals surface area contributed by atoms with Crippen LogP contribution in [0.1, 0.15) is 30.5 Å². The second-order valence-corrected chi connectivity index (χ2v) is 6.71. The molecule has 4 nitrogen and oxygen atoms in total. The van der Waals surface area contributed by atoms with Crippen molar-refractivity contribution in [2.45, 2.75) is 38.0 Å². The summed E-state index contributed by atoms with van der Waals surface area (Å²) < 4.78 is 0. The van der Waals surface area contributed by atoms with Crippen LogP contribution in [0.5, 0.6) is 0 Å². The van der Waals surface area contributed by atoms with E-state index in [0.29, 0.717) is 23.6 Å². The normalized spacial score (nSPS) is 20.5. The van der Waals surface area contributed by atoms with Crippen molar-refractivity contribution in [1.29, 1.82) is 0 Å². The molecule has 3 rings (SSSR count). The van der Waals surface area contributed by atoms with Crippen molar-refractivity contribution in [3.8, 4) is 0 Å². The first kappa shape index (κ1) is 17.0. The van der Waals surface area contributed by atoms with Crippen LogP contribution in [0.2, 0.25) is 5.02 Å². The van der Waals surface area contributed by atoms with E-state index in [4.69, 9.17) is 11.6 Å². The zero-order valence-electron chi connectivity index (χ0n) is 13.5. The molecule has 0 fully saturated rings. The molecule has 1 aliphatic rings. The molecule has 0 bridgehead atoms. The monoisotopic (exact) mass is 344 g/mol. The van der Waals surface area contributed by atoms with Crippen LogP contribution in [0.3, 0.4) is 0 Å². The van der Waals surface area contributed by atoms with E-state index in [-0.39, 0.29) is 18.0 Å². The van der Waals surface area contributed by atoms with E-state index >= 15 is 0 Å². The van der Waals surface area contributed by atoms with Crippen molar-refractivity contribution in [2.75, 3.05) is 5.32 Å². The largest absolute Gasteiger partial charge is 0.391 e. The van der Waals surface area contributed by atoms with Crippen LogP contribution < -0.4 is 10.6 Å². The van der Waals surface area contributed by atoms with Crippen molar-refractivity contribution in [1.82, 2.24) is 5.32 Å². The predicted octanol–water partition coefficient (Wildman–Crippen LogP) is 3.31. The van der Waals surface area contributed by atoms with Gasteiger partial charge in [0.15, 0.2) is 0 Å². The van der Waals surface area contributed by atoms with Crippen LogP contribution in [0.4, 0.5) is 5.69 Å². The lowest BCUT2D eigenvalue weighted by Crippen LogP contribution is -2.37. The van der Waals surface area contributed by atoms with Crippen molar-refractivity contribution < 1.29 is 9.90 Å². The SMILES string of the molecule is CC(CC(=O)Nc1cccc(Cl)c1)N[C@H]1c2ccccc2C[C@H]1O. The van der Waals surface area contributed by atoms with Crippen LogP contribution in [0, 0.1) is 0 Å². The fourth-order valence-corrected chi connectivity index (χ4v) is 3.39. The molecule has 3 atom stereocenters. The Morgan fingerprint density at radius 3 is 2.88 bits per heavy atom. The van der Waals surface area contributed by atoms with Crippen LogP contribution in [0.25, 0.3) is 0 Å². The molecule has 1 aliphatic carbocycles. The quantitative estimate of drug-likeness (QED) is 0.780. The highest BCUT2D eigenvalue weighted by Crippen LogP contribution is 2.31. The number of carbonyl (C=O) groups is 1. The molecule has 2 aromatic rings. The highest BCUT2D eigenvalue weighted by molar-refractivity contribution is 6.30. The van der Waals surface area contributed by atoms with Crippen molar-refractivity contribution in [3.63, 3.8) is 0 Å². The number of hydrogen-bond donors (Lipinski definition) is 3. The molecule has 1 unspecified atom stereocenters. The number of anilines is 1. The molecule has 5 heteroatoms. The molecule has 0 saturated heterocycles. The van der Waals surface area contributed by atoms with Crippen LogP contribution in [-0.2, 0) is 11.2 Å². The second kappa shape index (κ2) is 7.34. The zero-order valence-corrected chi connectivity index (χ0v) is 14.3. The average molecular weight is 345 g/mol. The number of benzene rings is 2. The first-order valence-corrected chi connectivity index (χ1v) is 8.48. The topological polar surface area (TPSA) is 61.4 Å². The van der Waals surface area contributed by atoms with Gasteiger partial charge in [-0.1, -0.05) is 41.9 Å². The molecule has 3 N–H and O–H groups in total. The Balaban J connectivity index is 1.57. The lowest BCUT2D eigenvalue weighted by atomic mass is 10.1. The van der Waals surface area contributed by atoms with Crippen molar-refractivity contribution >= 4 is 23.2 Å². The minimum Gasteiger partial charge on any atom is -0.391 e. The van der Waals surface area contributed by atoms with Gasteiger partial charge in [-0.25, -0.2) is 0 Å². The van der Waals surface area contributed by atoms with Gasteiger partial charge in [0.1, 0.15) is 0 Å². The maximum Gasteiger partial charge on any atom is 0.225 e. The Morgan fingerprint density at radius 2 is 2.08 bits per heavy atom. The standard InChI is InChI=1S/C19H21ClN2O2/c1-12(9-18(24)22-15-7-4-6-14(20)11-15)21-19-16-8-3-2-5-13(16)10-17(19)23/h2-8,11-12,17,19,21,23H,9-10H2,1H3,(H,22,24)/t12?,17-,19+/m1/s1. The summed E-state index contributed by atoms with van der Waals surface area (Å²) in [5.74, 6) is -0.0851. The Morgan fingerprint density at radius 1 is 1.29 bits per heavy atom. The van der Waals surface area contributed by atoms with Gasteiger partial charge < -0.3 is 15.7 Å². The smallest absolute Gasteiger partial charge is 0.225 e. The number of carbonyl (C=O) groups excluding carboxylic acids is 1. The van der Waals surface area contributed by atoms with Crippen molar-refractivity contribution in [2.24, 2.45) is 0 Å². The Bertz CT molecular complexity index is 735. The Kier molecular flexibility index (Phi) is 5.19. The third kappa shape index (κ3) is 3.96. The fraction of sp³-hybridized carbons (Fsp3) is 0.316. The fourth-order valence-electron chi connectivity index (χ4n) is 3.20. The molecular weight excluding hydrogens is 324 g/mol. The van der Waals surface area contributed by atoms with Crippen molar-refractivity contribution in [3.05, 3.63) is 64.7 Å². The third-order valence-corrected chi connectivity index (χ3v) is 4.50. The van der Waals surface area contributed by atoms with Gasteiger partial charge in [0.2, 0.25) is 5.91 Å². The molecule has 0 aromatic heterocycles. The van der Waals surface area contributed by atoms with E-state index < -0.39 is 6.10 Å². The Hall–Kier alpha value is -1.88. The highest BCUT2D eigenvalue weighted by Gasteiger charge is 2.31. The lowest BCUT2D eigenvalue weighted by molar-refractivity contribution is -0.116. The summed E-state index contributed by atoms with van der Waals surface area (Å²) in [7, 11) is 0. The molecule has 0 aliphatic heterocycles. The minimum absolute atomic E-state index is 0.0602. The summed E-state index contributed by atoms with van der Waals surface area (Å²) in [5, 5.41) is 17.1. The number of aliphatic hydroxyl groups is 1. The maximum absolute atomic E-state index is 12.2. The summed E-state index contributed by atoms with van der Waals surface area (Å²) in [6.07, 6.45) is 0.508. The third-order valence-electron chi connectivity index (χ3n) is 4.27. The van der Waals surface area contributed by atoms with E-state index in [1.165, 1.54) is 0 Å². The van der Waals surface area contributed by atoms with E-state index in [9.17, 15) is 9.90 Å². The first-order chi connectivity index (χ1) is 11.5. The number of amides is 1. The zero-order chi connectivity index (χ0) is 17.1. The molecular formula is C19H21ClN2O2. The second-order valence-electron chi connectivity index (χ2n) is 6.28. The van der Waals surface area contributed by atoms with Gasteiger partial charge in [-0.15, -0.1) is 0 Å². The van der Waals surface area contributed by atoms with Gasteiger partial charge in [-0.3, -0.25) is 4.79 Å². The molecule has 0 saturated carbocycles. The number of rotatable bonds is 5. The summed E-state index contributed by atoms with van der Waals surface area (Å²) in [6, 6.07) is 14.9. The number of hydrogen-bond acceptors (Lipinski definition) is 3. The van der Waals surface area contributed by atoms with Crippen LogP contribution in [-0.4, -0.2) is 23.2 Å². The van der Waals surface area contributed by atoms with Gasteiger partial charge in [0.05, 0.1) is 12.1 Å². The van der Waals surface area contributed by atoms with E-state index in [1.807, 2.05) is 31.2 Å². The van der Waals surface area contributed by atoms with E-state index in [0.717, 1.165) is 11.1 Å². The maximum atomic E-state index is 12.2. The lowest BCUT2D eigenvalue weighted by Gasteiger charge is -2.23. The Labute approximate surface area is 146 Å². The first-order valence-electron chi connectivity index (χ1n) is 8.10. The van der Waals surface area contributed by atoms with Gasteiger partial charge in [0, 0.05) is 29.6 Å². The summed E-state index contributed by atoms with van der Waals surface area (Å²) in [6.45, 7) is 1.95. The van der Waals surface area contributed by atoms with Gasteiger partial charge >= 0.3 is 0 Å². The number of nitrogens with one attached hydrogen (secondary N) is 2. The van der Waals surface area contributed by atoms with Gasteiger partial charge in [-0.05, 0) is 36.2 Å².